The van der Waals surface area contributed by atoms with Crippen molar-refractivity contribution in [2.75, 3.05) is 24.9 Å². The summed E-state index contributed by atoms with van der Waals surface area (Å²) >= 11 is 0. The molecule has 2 N–H and O–H groups in total. The van der Waals surface area contributed by atoms with E-state index < -0.39 is 11.9 Å². The molecule has 0 bridgehead atoms. The molecular formula is C32H40N2O4. The Kier molecular flexibility index (Phi) is 11.2. The van der Waals surface area contributed by atoms with Gasteiger partial charge in [-0.1, -0.05) is 63.8 Å². The minimum atomic E-state index is -0.505. The Hall–Kier alpha value is -3.80. The molecule has 0 atom stereocenters. The molecule has 0 aliphatic carbocycles. The van der Waals surface area contributed by atoms with Gasteiger partial charge in [-0.05, 0) is 73.2 Å². The minimum Gasteiger partial charge on any atom is -0.465 e. The third kappa shape index (κ3) is 8.10. The minimum absolute atomic E-state index is 0.311. The van der Waals surface area contributed by atoms with Crippen LogP contribution in [-0.2, 0) is 22.3 Å². The summed E-state index contributed by atoms with van der Waals surface area (Å²) in [4.78, 5) is 25.5. The number of unbranched alkanes of at least 4 members (excludes halogenated alkanes) is 4. The molecular weight excluding hydrogens is 476 g/mol. The molecule has 0 aliphatic rings. The number of benzene rings is 3. The van der Waals surface area contributed by atoms with E-state index in [0.717, 1.165) is 37.1 Å². The van der Waals surface area contributed by atoms with Crippen LogP contribution >= 0.6 is 0 Å². The summed E-state index contributed by atoms with van der Waals surface area (Å²) in [5, 5.41) is 6.58. The molecule has 0 radical (unpaired) electrons. The van der Waals surface area contributed by atoms with Gasteiger partial charge < -0.3 is 20.1 Å². The first-order valence-electron chi connectivity index (χ1n) is 13.6. The van der Waals surface area contributed by atoms with Crippen LogP contribution in [0.1, 0.15) is 84.2 Å². The number of carbonyl (C=O) groups is 2. The fraction of sp³-hybridized carbons (Fsp3) is 0.375. The lowest BCUT2D eigenvalue weighted by Crippen LogP contribution is -2.12. The molecule has 0 saturated heterocycles. The zero-order chi connectivity index (χ0) is 27.3. The molecule has 0 spiro atoms. The van der Waals surface area contributed by atoms with Crippen LogP contribution in [0, 0.1) is 0 Å². The van der Waals surface area contributed by atoms with Crippen LogP contribution < -0.4 is 10.6 Å². The standard InChI is InChI=1S/C32H40N2O4/c1-5-7-9-11-23-13-17-25(18-14-23)33-29-21-28(32(36)38-4)30(22-27(29)31(35)37-3)34-26-19-15-24(16-20-26)12-10-8-6-2/h13-22,33-34H,5-12H2,1-4H3. The SMILES string of the molecule is CCCCCc1ccc(Nc2cc(C(=O)OC)c(Nc3ccc(CCCCC)cc3)cc2C(=O)OC)cc1. The predicted molar refractivity (Wildman–Crippen MR) is 155 cm³/mol. The maximum Gasteiger partial charge on any atom is 0.340 e. The van der Waals surface area contributed by atoms with E-state index in [2.05, 4.69) is 48.7 Å². The second-order valence-corrected chi connectivity index (χ2v) is 9.48. The zero-order valence-corrected chi connectivity index (χ0v) is 23.1. The Morgan fingerprint density at radius 1 is 0.605 bits per heavy atom. The quantitative estimate of drug-likeness (QED) is 0.166. The first-order chi connectivity index (χ1) is 18.5. The van der Waals surface area contributed by atoms with Gasteiger partial charge in [-0.25, -0.2) is 9.59 Å². The first kappa shape index (κ1) is 28.8. The van der Waals surface area contributed by atoms with Gasteiger partial charge in [-0.2, -0.15) is 0 Å². The fourth-order valence-corrected chi connectivity index (χ4v) is 4.34. The number of nitrogens with one attached hydrogen (secondary N) is 2. The molecule has 3 aromatic rings. The van der Waals surface area contributed by atoms with Crippen molar-refractivity contribution in [1.82, 2.24) is 0 Å². The van der Waals surface area contributed by atoms with Gasteiger partial charge in [0.25, 0.3) is 0 Å². The number of ether oxygens (including phenoxy) is 2. The lowest BCUT2D eigenvalue weighted by Gasteiger charge is -2.17. The van der Waals surface area contributed by atoms with E-state index in [9.17, 15) is 9.59 Å². The van der Waals surface area contributed by atoms with Gasteiger partial charge in [0.1, 0.15) is 0 Å². The van der Waals surface area contributed by atoms with Gasteiger partial charge in [0.05, 0.1) is 36.7 Å². The Morgan fingerprint density at radius 2 is 0.974 bits per heavy atom. The summed E-state index contributed by atoms with van der Waals surface area (Å²) in [5.74, 6) is -1.01. The number of aryl methyl sites for hydroxylation is 2. The van der Waals surface area contributed by atoms with Crippen molar-refractivity contribution < 1.29 is 19.1 Å². The lowest BCUT2D eigenvalue weighted by molar-refractivity contribution is 0.0588. The highest BCUT2D eigenvalue weighted by atomic mass is 16.5. The molecule has 6 heteroatoms. The van der Waals surface area contributed by atoms with E-state index in [1.165, 1.54) is 51.0 Å². The summed E-state index contributed by atoms with van der Waals surface area (Å²) in [6, 6.07) is 19.5. The summed E-state index contributed by atoms with van der Waals surface area (Å²) in [5.41, 5.74) is 5.71. The average Bonchev–Trinajstić information content (AvgIpc) is 2.94. The van der Waals surface area contributed by atoms with Crippen LogP contribution in [0.25, 0.3) is 0 Å². The smallest absolute Gasteiger partial charge is 0.340 e. The van der Waals surface area contributed by atoms with Crippen molar-refractivity contribution in [1.29, 1.82) is 0 Å². The number of hydrogen-bond donors (Lipinski definition) is 2. The molecule has 0 aliphatic heterocycles. The Bertz CT molecular complexity index is 1090. The average molecular weight is 517 g/mol. The predicted octanol–water partition coefficient (Wildman–Crippen LogP) is 8.21. The van der Waals surface area contributed by atoms with Crippen molar-refractivity contribution in [2.24, 2.45) is 0 Å². The highest BCUT2D eigenvalue weighted by Crippen LogP contribution is 2.31. The summed E-state index contributed by atoms with van der Waals surface area (Å²) in [7, 11) is 2.69. The van der Waals surface area contributed by atoms with Gasteiger partial charge in [0, 0.05) is 11.4 Å². The fourth-order valence-electron chi connectivity index (χ4n) is 4.34. The first-order valence-corrected chi connectivity index (χ1v) is 13.6. The molecule has 38 heavy (non-hydrogen) atoms. The van der Waals surface area contributed by atoms with Gasteiger partial charge in [0.2, 0.25) is 0 Å². The maximum atomic E-state index is 12.7. The summed E-state index contributed by atoms with van der Waals surface area (Å²) < 4.78 is 10.1. The van der Waals surface area contributed by atoms with Crippen molar-refractivity contribution in [3.8, 4) is 0 Å². The van der Waals surface area contributed by atoms with E-state index in [-0.39, 0.29) is 0 Å². The lowest BCUT2D eigenvalue weighted by atomic mass is 10.0. The van der Waals surface area contributed by atoms with Crippen molar-refractivity contribution in [3.05, 3.63) is 82.9 Å². The van der Waals surface area contributed by atoms with E-state index >= 15 is 0 Å². The van der Waals surface area contributed by atoms with Crippen LogP contribution in [0.5, 0.6) is 0 Å². The molecule has 0 fully saturated rings. The van der Waals surface area contributed by atoms with Crippen LogP contribution in [0.4, 0.5) is 22.7 Å². The molecule has 0 aromatic heterocycles. The zero-order valence-electron chi connectivity index (χ0n) is 23.1. The number of esters is 2. The number of methoxy groups -OCH3 is 2. The summed E-state index contributed by atoms with van der Waals surface area (Å²) in [6.45, 7) is 4.39. The number of anilines is 4. The molecule has 0 heterocycles. The molecule has 202 valence electrons. The summed E-state index contributed by atoms with van der Waals surface area (Å²) in [6.07, 6.45) is 9.19. The monoisotopic (exact) mass is 516 g/mol. The van der Waals surface area contributed by atoms with Gasteiger partial charge in [-0.15, -0.1) is 0 Å². The van der Waals surface area contributed by atoms with Gasteiger partial charge in [0.15, 0.2) is 0 Å². The van der Waals surface area contributed by atoms with Crippen LogP contribution in [0.15, 0.2) is 60.7 Å². The van der Waals surface area contributed by atoms with E-state index in [1.54, 1.807) is 12.1 Å². The second-order valence-electron chi connectivity index (χ2n) is 9.48. The third-order valence-corrected chi connectivity index (χ3v) is 6.57. The Balaban J connectivity index is 1.89. The topological polar surface area (TPSA) is 76.7 Å². The molecule has 6 nitrogen and oxygen atoms in total. The van der Waals surface area contributed by atoms with Crippen molar-refractivity contribution in [2.45, 2.75) is 65.2 Å². The van der Waals surface area contributed by atoms with Crippen LogP contribution in [0.2, 0.25) is 0 Å². The molecule has 3 rings (SSSR count). The molecule has 0 amide bonds. The molecule has 3 aromatic carbocycles. The van der Waals surface area contributed by atoms with Gasteiger partial charge >= 0.3 is 11.9 Å². The highest BCUT2D eigenvalue weighted by Gasteiger charge is 2.21. The van der Waals surface area contributed by atoms with E-state index in [1.807, 2.05) is 24.3 Å². The van der Waals surface area contributed by atoms with E-state index in [0.29, 0.717) is 22.5 Å². The van der Waals surface area contributed by atoms with Crippen LogP contribution in [0.3, 0.4) is 0 Å². The molecule has 0 unspecified atom stereocenters. The number of hydrogen-bond acceptors (Lipinski definition) is 6. The Labute approximate surface area is 226 Å². The third-order valence-electron chi connectivity index (χ3n) is 6.57. The number of rotatable bonds is 14. The van der Waals surface area contributed by atoms with Crippen molar-refractivity contribution >= 4 is 34.7 Å². The Morgan fingerprint density at radius 3 is 1.29 bits per heavy atom. The number of carbonyl (C=O) groups excluding carboxylic acids is 2. The van der Waals surface area contributed by atoms with Crippen LogP contribution in [-0.4, -0.2) is 26.2 Å². The second kappa shape index (κ2) is 14.8. The molecule has 0 saturated carbocycles. The highest BCUT2D eigenvalue weighted by molar-refractivity contribution is 6.04. The van der Waals surface area contributed by atoms with Gasteiger partial charge in [-0.3, -0.25) is 0 Å². The van der Waals surface area contributed by atoms with E-state index in [4.69, 9.17) is 9.47 Å². The largest absolute Gasteiger partial charge is 0.465 e. The maximum absolute atomic E-state index is 12.7. The van der Waals surface area contributed by atoms with Crippen molar-refractivity contribution in [3.63, 3.8) is 0 Å². The normalized spacial score (nSPS) is 10.6.